The second-order valence-corrected chi connectivity index (χ2v) is 10.1. The molecule has 0 atom stereocenters. The maximum atomic E-state index is 13.2. The smallest absolute Gasteiger partial charge is 0.315 e. The van der Waals surface area contributed by atoms with E-state index in [1.54, 1.807) is 28.9 Å². The first-order valence-corrected chi connectivity index (χ1v) is 11.3. The molecule has 0 bridgehead atoms. The lowest BCUT2D eigenvalue weighted by Gasteiger charge is -2.27. The maximum Gasteiger partial charge on any atom is 0.315 e. The average molecular weight is 435 g/mol. The second kappa shape index (κ2) is 7.63. The molecule has 3 amide bonds. The van der Waals surface area contributed by atoms with E-state index in [2.05, 4.69) is 15.1 Å². The Kier molecular flexibility index (Phi) is 5.50. The number of nitrogens with zero attached hydrogens (tertiary/aromatic N) is 3. The van der Waals surface area contributed by atoms with Gasteiger partial charge in [-0.25, -0.2) is 13.2 Å². The lowest BCUT2D eigenvalue weighted by Crippen LogP contribution is -2.44. The number of benzene rings is 1. The number of fused-ring (bicyclic) bond motifs is 1. The van der Waals surface area contributed by atoms with Crippen molar-refractivity contribution < 1.29 is 18.0 Å². The zero-order valence-corrected chi connectivity index (χ0v) is 18.2. The molecule has 0 aliphatic carbocycles. The quantitative estimate of drug-likeness (QED) is 0.666. The molecule has 0 saturated carbocycles. The van der Waals surface area contributed by atoms with Gasteiger partial charge in [-0.2, -0.15) is 5.10 Å². The third-order valence-electron chi connectivity index (χ3n) is 4.45. The van der Waals surface area contributed by atoms with Gasteiger partial charge >= 0.3 is 6.03 Å². The molecular formula is C19H26N6O4S. The van der Waals surface area contributed by atoms with Crippen molar-refractivity contribution in [2.75, 3.05) is 17.5 Å². The van der Waals surface area contributed by atoms with Crippen LogP contribution in [0.1, 0.15) is 36.8 Å². The first-order chi connectivity index (χ1) is 13.8. The number of sulfonamides is 1. The molecular weight excluding hydrogens is 408 g/mol. The summed E-state index contributed by atoms with van der Waals surface area (Å²) in [7, 11) is -3.46. The number of rotatable bonds is 4. The number of nitrogens with two attached hydrogens (primary N) is 1. The van der Waals surface area contributed by atoms with Gasteiger partial charge in [0.1, 0.15) is 5.69 Å². The van der Waals surface area contributed by atoms with Crippen molar-refractivity contribution in [3.05, 3.63) is 35.5 Å². The first-order valence-electron chi connectivity index (χ1n) is 9.39. The Morgan fingerprint density at radius 3 is 2.50 bits per heavy atom. The van der Waals surface area contributed by atoms with Crippen LogP contribution in [0.2, 0.25) is 0 Å². The van der Waals surface area contributed by atoms with Gasteiger partial charge in [-0.3, -0.25) is 14.2 Å². The van der Waals surface area contributed by atoms with Gasteiger partial charge in [0.25, 0.3) is 5.91 Å². The number of amides is 3. The van der Waals surface area contributed by atoms with Gasteiger partial charge in [0.05, 0.1) is 30.6 Å². The molecule has 11 heteroatoms. The van der Waals surface area contributed by atoms with Gasteiger partial charge in [0, 0.05) is 23.3 Å². The molecule has 2 heterocycles. The molecule has 0 saturated heterocycles. The van der Waals surface area contributed by atoms with E-state index >= 15 is 0 Å². The van der Waals surface area contributed by atoms with E-state index in [4.69, 9.17) is 5.73 Å². The predicted octanol–water partition coefficient (Wildman–Crippen LogP) is 1.34. The molecule has 4 N–H and O–H groups in total. The minimum absolute atomic E-state index is 0.163. The number of aromatic nitrogens is 2. The summed E-state index contributed by atoms with van der Waals surface area (Å²) < 4.78 is 27.3. The number of urea groups is 1. The standard InChI is InChI=1S/C19H26N6O4S/c1-19(2,3)21-17(26)15-14-11-24(18(20)27)8-9-25(14)22-16(15)12-6-5-7-13(10-12)23-30(4,28)29/h5-7,10,23H,8-9,11H2,1-4H3,(H2,20,27)(H,21,26). The number of carbonyl (C=O) groups excluding carboxylic acids is 2. The van der Waals surface area contributed by atoms with E-state index < -0.39 is 21.6 Å². The molecule has 1 aromatic heterocycles. The number of primary amides is 1. The van der Waals surface area contributed by atoms with E-state index in [1.807, 2.05) is 20.8 Å². The molecule has 30 heavy (non-hydrogen) atoms. The molecule has 10 nitrogen and oxygen atoms in total. The summed E-state index contributed by atoms with van der Waals surface area (Å²) in [6, 6.07) is 6.11. The summed E-state index contributed by atoms with van der Waals surface area (Å²) >= 11 is 0. The zero-order valence-electron chi connectivity index (χ0n) is 17.4. The maximum absolute atomic E-state index is 13.2. The molecule has 0 fully saturated rings. The topological polar surface area (TPSA) is 139 Å². The fraction of sp³-hybridized carbons (Fsp3) is 0.421. The summed E-state index contributed by atoms with van der Waals surface area (Å²) in [6.07, 6.45) is 1.07. The largest absolute Gasteiger partial charge is 0.351 e. The van der Waals surface area contributed by atoms with Crippen LogP contribution in [0.25, 0.3) is 11.3 Å². The van der Waals surface area contributed by atoms with Gasteiger partial charge in [-0.05, 0) is 32.9 Å². The van der Waals surface area contributed by atoms with Crippen molar-refractivity contribution in [1.29, 1.82) is 0 Å². The highest BCUT2D eigenvalue weighted by Gasteiger charge is 2.31. The molecule has 0 unspecified atom stereocenters. The average Bonchev–Trinajstić information content (AvgIpc) is 2.97. The summed E-state index contributed by atoms with van der Waals surface area (Å²) in [5.41, 5.74) is 7.23. The van der Waals surface area contributed by atoms with Crippen molar-refractivity contribution in [3.8, 4) is 11.3 Å². The van der Waals surface area contributed by atoms with Crippen molar-refractivity contribution in [2.45, 2.75) is 39.4 Å². The summed E-state index contributed by atoms with van der Waals surface area (Å²) in [6.45, 7) is 6.55. The number of nitrogens with one attached hydrogen (secondary N) is 2. The van der Waals surface area contributed by atoms with Crippen LogP contribution in [0.4, 0.5) is 10.5 Å². The van der Waals surface area contributed by atoms with Crippen LogP contribution in [0.3, 0.4) is 0 Å². The van der Waals surface area contributed by atoms with Crippen LogP contribution < -0.4 is 15.8 Å². The SMILES string of the molecule is CC(C)(C)NC(=O)c1c(-c2cccc(NS(C)(=O)=O)c2)nn2c1CN(C(N)=O)CC2. The number of carbonyl (C=O) groups is 2. The van der Waals surface area contributed by atoms with E-state index in [0.29, 0.717) is 41.3 Å². The van der Waals surface area contributed by atoms with E-state index in [0.717, 1.165) is 6.26 Å². The van der Waals surface area contributed by atoms with Crippen LogP contribution in [0, 0.1) is 0 Å². The predicted molar refractivity (Wildman–Crippen MR) is 113 cm³/mol. The van der Waals surface area contributed by atoms with Gasteiger partial charge in [0.2, 0.25) is 10.0 Å². The molecule has 1 aliphatic heterocycles. The third-order valence-corrected chi connectivity index (χ3v) is 5.05. The fourth-order valence-electron chi connectivity index (χ4n) is 3.29. The molecule has 3 rings (SSSR count). The van der Waals surface area contributed by atoms with Crippen molar-refractivity contribution >= 4 is 27.6 Å². The van der Waals surface area contributed by atoms with Crippen LogP contribution in [0.15, 0.2) is 24.3 Å². The van der Waals surface area contributed by atoms with Gasteiger partial charge in [-0.15, -0.1) is 0 Å². The third kappa shape index (κ3) is 4.90. The summed E-state index contributed by atoms with van der Waals surface area (Å²) in [5, 5.41) is 7.54. The van der Waals surface area contributed by atoms with Crippen LogP contribution in [-0.4, -0.2) is 53.4 Å². The number of hydrogen-bond acceptors (Lipinski definition) is 5. The fourth-order valence-corrected chi connectivity index (χ4v) is 3.85. The number of anilines is 1. The second-order valence-electron chi connectivity index (χ2n) is 8.31. The Morgan fingerprint density at radius 2 is 1.90 bits per heavy atom. The van der Waals surface area contributed by atoms with Crippen LogP contribution in [-0.2, 0) is 23.1 Å². The highest BCUT2D eigenvalue weighted by molar-refractivity contribution is 7.92. The van der Waals surface area contributed by atoms with E-state index in [1.165, 1.54) is 4.90 Å². The van der Waals surface area contributed by atoms with Gasteiger partial charge in [-0.1, -0.05) is 12.1 Å². The zero-order chi connectivity index (χ0) is 22.3. The Bertz CT molecular complexity index is 1100. The van der Waals surface area contributed by atoms with Crippen molar-refractivity contribution in [3.63, 3.8) is 0 Å². The molecule has 0 radical (unpaired) electrons. The Balaban J connectivity index is 2.12. The molecule has 1 aromatic carbocycles. The Hall–Kier alpha value is -3.08. The summed E-state index contributed by atoms with van der Waals surface area (Å²) in [4.78, 5) is 26.3. The van der Waals surface area contributed by atoms with Gasteiger partial charge in [0.15, 0.2) is 0 Å². The van der Waals surface area contributed by atoms with Crippen LogP contribution in [0.5, 0.6) is 0 Å². The monoisotopic (exact) mass is 434 g/mol. The molecule has 1 aliphatic rings. The van der Waals surface area contributed by atoms with Crippen molar-refractivity contribution in [1.82, 2.24) is 20.0 Å². The van der Waals surface area contributed by atoms with E-state index in [-0.39, 0.29) is 12.5 Å². The van der Waals surface area contributed by atoms with Crippen molar-refractivity contribution in [2.24, 2.45) is 5.73 Å². The number of hydrogen-bond donors (Lipinski definition) is 3. The summed E-state index contributed by atoms with van der Waals surface area (Å²) in [5.74, 6) is -0.327. The lowest BCUT2D eigenvalue weighted by molar-refractivity contribution is 0.0916. The lowest BCUT2D eigenvalue weighted by atomic mass is 10.0. The Morgan fingerprint density at radius 1 is 1.20 bits per heavy atom. The minimum Gasteiger partial charge on any atom is -0.351 e. The molecule has 2 aromatic rings. The van der Waals surface area contributed by atoms with Crippen LogP contribution >= 0.6 is 0 Å². The van der Waals surface area contributed by atoms with Gasteiger partial charge < -0.3 is 16.0 Å². The molecule has 0 spiro atoms. The Labute approximate surface area is 175 Å². The van der Waals surface area contributed by atoms with E-state index in [9.17, 15) is 18.0 Å². The first kappa shape index (κ1) is 21.6. The highest BCUT2D eigenvalue weighted by atomic mass is 32.2. The normalized spacial score (nSPS) is 14.2. The molecule has 162 valence electrons. The minimum atomic E-state index is -3.46. The highest BCUT2D eigenvalue weighted by Crippen LogP contribution is 2.30.